The number of alkyl halides is 3. The van der Waals surface area contributed by atoms with Crippen LogP contribution in [0.5, 0.6) is 0 Å². The van der Waals surface area contributed by atoms with Crippen LogP contribution < -0.4 is 10.6 Å². The zero-order valence-electron chi connectivity index (χ0n) is 16.0. The topological polar surface area (TPSA) is 54.0 Å². The summed E-state index contributed by atoms with van der Waals surface area (Å²) in [6, 6.07) is 8.90. The maximum absolute atomic E-state index is 12.8. The lowest BCUT2D eigenvalue weighted by molar-refractivity contribution is -0.137. The highest BCUT2D eigenvalue weighted by Gasteiger charge is 2.46. The molecule has 2 saturated heterocycles. The number of aryl methyl sites for hydroxylation is 1. The number of carbonyl (C=O) groups excluding carboxylic acids is 1. The summed E-state index contributed by atoms with van der Waals surface area (Å²) in [5, 5.41) is 6.42. The van der Waals surface area contributed by atoms with Crippen LogP contribution in [0.1, 0.15) is 48.7 Å². The second kappa shape index (κ2) is 7.95. The van der Waals surface area contributed by atoms with Gasteiger partial charge >= 0.3 is 6.18 Å². The van der Waals surface area contributed by atoms with Crippen molar-refractivity contribution in [2.75, 3.05) is 6.54 Å². The third kappa shape index (κ3) is 4.26. The number of nitrogens with one attached hydrogen (secondary N) is 2. The van der Waals surface area contributed by atoms with E-state index in [0.717, 1.165) is 54.8 Å². The highest BCUT2D eigenvalue weighted by molar-refractivity contribution is 5.87. The molecule has 3 heterocycles. The molecule has 4 rings (SSSR count). The second-order valence-corrected chi connectivity index (χ2v) is 7.67. The van der Waals surface area contributed by atoms with E-state index < -0.39 is 17.3 Å². The van der Waals surface area contributed by atoms with Crippen molar-refractivity contribution >= 4 is 18.3 Å². The van der Waals surface area contributed by atoms with Crippen molar-refractivity contribution in [1.29, 1.82) is 0 Å². The minimum atomic E-state index is -4.35. The Labute approximate surface area is 173 Å². The van der Waals surface area contributed by atoms with E-state index in [0.29, 0.717) is 12.1 Å². The fourth-order valence-electron chi connectivity index (χ4n) is 4.23. The number of rotatable bonds is 2. The van der Waals surface area contributed by atoms with E-state index in [1.54, 1.807) is 0 Å². The van der Waals surface area contributed by atoms with Crippen molar-refractivity contribution in [3.8, 4) is 11.1 Å². The molecular weight excluding hydrogens is 403 g/mol. The largest absolute Gasteiger partial charge is 0.416 e. The molecule has 8 heteroatoms. The normalized spacial score (nSPS) is 24.3. The van der Waals surface area contributed by atoms with E-state index in [-0.39, 0.29) is 24.4 Å². The van der Waals surface area contributed by atoms with Gasteiger partial charge in [-0.1, -0.05) is 12.1 Å². The van der Waals surface area contributed by atoms with Gasteiger partial charge in [-0.2, -0.15) is 13.2 Å². The van der Waals surface area contributed by atoms with Crippen LogP contribution >= 0.6 is 12.4 Å². The number of pyridine rings is 1. The van der Waals surface area contributed by atoms with E-state index in [1.807, 2.05) is 19.1 Å². The van der Waals surface area contributed by atoms with Crippen molar-refractivity contribution in [2.24, 2.45) is 0 Å². The number of aromatic nitrogens is 1. The lowest BCUT2D eigenvalue weighted by Crippen LogP contribution is -2.57. The van der Waals surface area contributed by atoms with Crippen molar-refractivity contribution in [3.63, 3.8) is 0 Å². The van der Waals surface area contributed by atoms with Crippen LogP contribution in [0.2, 0.25) is 0 Å². The Morgan fingerprint density at radius 2 is 1.83 bits per heavy atom. The summed E-state index contributed by atoms with van der Waals surface area (Å²) in [7, 11) is 0. The van der Waals surface area contributed by atoms with E-state index >= 15 is 0 Å². The SMILES string of the molecule is Cc1cc(-c2ccc(C(F)(F)F)cc2)cc([C@H]2CC[C@]3(CCCNC3=O)N2)n1.Cl. The Kier molecular flexibility index (Phi) is 5.92. The van der Waals surface area contributed by atoms with Crippen LogP contribution in [0.25, 0.3) is 11.1 Å². The summed E-state index contributed by atoms with van der Waals surface area (Å²) in [5.41, 5.74) is 1.97. The van der Waals surface area contributed by atoms with Crippen LogP contribution in [0.3, 0.4) is 0 Å². The predicted octanol–water partition coefficient (Wildman–Crippen LogP) is 4.57. The van der Waals surface area contributed by atoms with Gasteiger partial charge < -0.3 is 5.32 Å². The predicted molar refractivity (Wildman–Crippen MR) is 107 cm³/mol. The van der Waals surface area contributed by atoms with Crippen LogP contribution in [0.4, 0.5) is 13.2 Å². The molecule has 29 heavy (non-hydrogen) atoms. The third-order valence-corrected chi connectivity index (χ3v) is 5.69. The average molecular weight is 426 g/mol. The van der Waals surface area contributed by atoms with Crippen LogP contribution in [0.15, 0.2) is 36.4 Å². The van der Waals surface area contributed by atoms with Crippen molar-refractivity contribution < 1.29 is 18.0 Å². The molecule has 2 atom stereocenters. The number of nitrogens with zero attached hydrogens (tertiary/aromatic N) is 1. The highest BCUT2D eigenvalue weighted by Crippen LogP contribution is 2.38. The maximum Gasteiger partial charge on any atom is 0.416 e. The number of hydrogen-bond acceptors (Lipinski definition) is 3. The molecule has 2 aromatic rings. The third-order valence-electron chi connectivity index (χ3n) is 5.69. The second-order valence-electron chi connectivity index (χ2n) is 7.67. The van der Waals surface area contributed by atoms with E-state index in [1.165, 1.54) is 12.1 Å². The number of halogens is 4. The van der Waals surface area contributed by atoms with Gasteiger partial charge in [-0.15, -0.1) is 12.4 Å². The molecule has 4 nitrogen and oxygen atoms in total. The van der Waals surface area contributed by atoms with Gasteiger partial charge in [-0.25, -0.2) is 0 Å². The minimum Gasteiger partial charge on any atom is -0.354 e. The molecule has 1 amide bonds. The Hall–Kier alpha value is -2.12. The number of piperidine rings is 1. The Morgan fingerprint density at radius 1 is 1.10 bits per heavy atom. The lowest BCUT2D eigenvalue weighted by Gasteiger charge is -2.33. The smallest absolute Gasteiger partial charge is 0.354 e. The van der Waals surface area contributed by atoms with Gasteiger partial charge in [0, 0.05) is 12.2 Å². The summed E-state index contributed by atoms with van der Waals surface area (Å²) in [6.07, 6.45) is -1.03. The fraction of sp³-hybridized carbons (Fsp3) is 0.429. The molecule has 0 unspecified atom stereocenters. The van der Waals surface area contributed by atoms with E-state index in [9.17, 15) is 18.0 Å². The molecule has 1 aromatic carbocycles. The van der Waals surface area contributed by atoms with Crippen LogP contribution in [-0.4, -0.2) is 23.0 Å². The highest BCUT2D eigenvalue weighted by atomic mass is 35.5. The summed E-state index contributed by atoms with van der Waals surface area (Å²) in [5.74, 6) is 0.0527. The van der Waals surface area contributed by atoms with Crippen molar-refractivity contribution in [2.45, 2.75) is 50.4 Å². The molecule has 1 spiro atoms. The first-order chi connectivity index (χ1) is 13.3. The zero-order valence-corrected chi connectivity index (χ0v) is 16.8. The minimum absolute atomic E-state index is 0. The van der Waals surface area contributed by atoms with Gasteiger partial charge in [-0.3, -0.25) is 15.1 Å². The molecule has 2 aliphatic rings. The van der Waals surface area contributed by atoms with Crippen molar-refractivity contribution in [3.05, 3.63) is 53.3 Å². The fourth-order valence-corrected chi connectivity index (χ4v) is 4.23. The molecule has 0 bridgehead atoms. The van der Waals surface area contributed by atoms with Gasteiger partial charge in [0.2, 0.25) is 5.91 Å². The molecule has 0 radical (unpaired) electrons. The van der Waals surface area contributed by atoms with Gasteiger partial charge in [0.25, 0.3) is 0 Å². The Balaban J connectivity index is 0.00000240. The summed E-state index contributed by atoms with van der Waals surface area (Å²) in [6.45, 7) is 2.59. The van der Waals surface area contributed by atoms with Gasteiger partial charge in [0.05, 0.1) is 22.8 Å². The van der Waals surface area contributed by atoms with Crippen LogP contribution in [-0.2, 0) is 11.0 Å². The molecule has 2 fully saturated rings. The zero-order chi connectivity index (χ0) is 19.9. The molecule has 1 aromatic heterocycles. The van der Waals surface area contributed by atoms with Gasteiger partial charge in [0.1, 0.15) is 0 Å². The van der Waals surface area contributed by atoms with E-state index in [4.69, 9.17) is 0 Å². The number of carbonyl (C=O) groups is 1. The summed E-state index contributed by atoms with van der Waals surface area (Å²) in [4.78, 5) is 17.0. The molecule has 2 aliphatic heterocycles. The number of amides is 1. The quantitative estimate of drug-likeness (QED) is 0.741. The first-order valence-corrected chi connectivity index (χ1v) is 9.49. The monoisotopic (exact) mass is 425 g/mol. The molecule has 0 aliphatic carbocycles. The Bertz CT molecular complexity index is 901. The first-order valence-electron chi connectivity index (χ1n) is 9.49. The van der Waals surface area contributed by atoms with Crippen molar-refractivity contribution in [1.82, 2.24) is 15.6 Å². The standard InChI is InChI=1S/C21H22F3N3O.ClH/c1-13-11-15(14-3-5-16(6-4-14)21(22,23)24)12-18(26-13)17-7-9-20(27-17)8-2-10-25-19(20)28;/h3-6,11-12,17,27H,2,7-10H2,1H3,(H,25,28);1H/t17-,20+;/m1./s1. The maximum atomic E-state index is 12.8. The summed E-state index contributed by atoms with van der Waals surface area (Å²) < 4.78 is 38.4. The van der Waals surface area contributed by atoms with Crippen LogP contribution in [0, 0.1) is 6.92 Å². The van der Waals surface area contributed by atoms with Gasteiger partial charge in [0.15, 0.2) is 0 Å². The first kappa shape index (κ1) is 21.6. The molecule has 2 N–H and O–H groups in total. The number of benzene rings is 1. The van der Waals surface area contributed by atoms with Gasteiger partial charge in [-0.05, 0) is 68.0 Å². The Morgan fingerprint density at radius 3 is 2.48 bits per heavy atom. The molecular formula is C21H23ClF3N3O. The average Bonchev–Trinajstić information content (AvgIpc) is 3.08. The summed E-state index contributed by atoms with van der Waals surface area (Å²) >= 11 is 0. The lowest BCUT2D eigenvalue weighted by atomic mass is 9.88. The molecule has 156 valence electrons. The molecule has 0 saturated carbocycles. The van der Waals surface area contributed by atoms with E-state index in [2.05, 4.69) is 15.6 Å². The number of hydrogen-bond donors (Lipinski definition) is 2.